The van der Waals surface area contributed by atoms with Crippen molar-refractivity contribution in [1.29, 1.82) is 0 Å². The van der Waals surface area contributed by atoms with E-state index >= 15 is 0 Å². The monoisotopic (exact) mass is 188 g/mol. The average Bonchev–Trinajstić information content (AvgIpc) is 1.94. The molecule has 3 heteroatoms. The summed E-state index contributed by atoms with van der Waals surface area (Å²) < 4.78 is 4.26. The third kappa shape index (κ3) is 9.95. The molecule has 2 nitrogen and oxygen atoms in total. The standard InChI is InChI=1S/C9H20N2S/c1-5-6-7-8-10-11-12-9(2,3)4/h5-8H2,1-4H3. The number of hydrogen-bond acceptors (Lipinski definition) is 3. The summed E-state index contributed by atoms with van der Waals surface area (Å²) in [6.07, 6.45) is 3.69. The number of rotatable bonds is 5. The van der Waals surface area contributed by atoms with E-state index in [1.165, 1.54) is 19.3 Å². The first kappa shape index (κ1) is 11.9. The van der Waals surface area contributed by atoms with E-state index in [1.807, 2.05) is 0 Å². The molecule has 0 aliphatic carbocycles. The van der Waals surface area contributed by atoms with Crippen molar-refractivity contribution >= 4 is 11.9 Å². The molecule has 12 heavy (non-hydrogen) atoms. The average molecular weight is 188 g/mol. The van der Waals surface area contributed by atoms with Crippen molar-refractivity contribution in [3.05, 3.63) is 0 Å². The van der Waals surface area contributed by atoms with Crippen molar-refractivity contribution in [3.63, 3.8) is 0 Å². The van der Waals surface area contributed by atoms with E-state index < -0.39 is 0 Å². The predicted molar refractivity (Wildman–Crippen MR) is 56.6 cm³/mol. The fourth-order valence-corrected chi connectivity index (χ4v) is 1.01. The van der Waals surface area contributed by atoms with Crippen molar-refractivity contribution in [2.45, 2.75) is 51.7 Å². The molecule has 0 amide bonds. The van der Waals surface area contributed by atoms with E-state index in [4.69, 9.17) is 0 Å². The second-order valence-electron chi connectivity index (χ2n) is 3.86. The van der Waals surface area contributed by atoms with Crippen LogP contribution in [0.3, 0.4) is 0 Å². The molecule has 0 aromatic carbocycles. The first-order chi connectivity index (χ1) is 5.56. The van der Waals surface area contributed by atoms with Gasteiger partial charge in [0.1, 0.15) is 0 Å². The van der Waals surface area contributed by atoms with Crippen LogP contribution in [0.5, 0.6) is 0 Å². The van der Waals surface area contributed by atoms with Gasteiger partial charge in [0.2, 0.25) is 0 Å². The molecule has 72 valence electrons. The van der Waals surface area contributed by atoms with Gasteiger partial charge in [-0.15, -0.1) is 4.52 Å². The SMILES string of the molecule is CCCCCN=NSC(C)(C)C. The van der Waals surface area contributed by atoms with Crippen LogP contribution in [0.1, 0.15) is 47.0 Å². The molecule has 0 radical (unpaired) electrons. The van der Waals surface area contributed by atoms with E-state index in [0.29, 0.717) is 0 Å². The lowest BCUT2D eigenvalue weighted by atomic mass is 10.3. The predicted octanol–water partition coefficient (Wildman–Crippen LogP) is 4.08. The molecule has 0 aliphatic heterocycles. The maximum atomic E-state index is 4.08. The van der Waals surface area contributed by atoms with E-state index in [1.54, 1.807) is 11.9 Å². The van der Waals surface area contributed by atoms with Crippen molar-refractivity contribution in [1.82, 2.24) is 0 Å². The molecule has 0 aromatic rings. The summed E-state index contributed by atoms with van der Waals surface area (Å²) in [5, 5.41) is 4.08. The smallest absolute Gasteiger partial charge is 0.0609 e. The number of unbranched alkanes of at least 4 members (excludes halogenated alkanes) is 2. The second-order valence-corrected chi connectivity index (χ2v) is 5.43. The maximum Gasteiger partial charge on any atom is 0.0609 e. The van der Waals surface area contributed by atoms with E-state index in [2.05, 4.69) is 37.3 Å². The molecule has 0 unspecified atom stereocenters. The molecule has 0 aromatic heterocycles. The lowest BCUT2D eigenvalue weighted by Gasteiger charge is -2.10. The molecule has 0 rings (SSSR count). The first-order valence-electron chi connectivity index (χ1n) is 4.61. The van der Waals surface area contributed by atoms with Gasteiger partial charge in [-0.3, -0.25) is 0 Å². The molecular weight excluding hydrogens is 168 g/mol. The lowest BCUT2D eigenvalue weighted by molar-refractivity contribution is 0.715. The van der Waals surface area contributed by atoms with Crippen LogP contribution in [0.15, 0.2) is 9.63 Å². The highest BCUT2D eigenvalue weighted by molar-refractivity contribution is 7.99. The Balaban J connectivity index is 3.26. The van der Waals surface area contributed by atoms with Crippen molar-refractivity contribution in [3.8, 4) is 0 Å². The van der Waals surface area contributed by atoms with Gasteiger partial charge in [-0.05, 0) is 27.2 Å². The number of hydrogen-bond donors (Lipinski definition) is 0. The van der Waals surface area contributed by atoms with Gasteiger partial charge >= 0.3 is 0 Å². The van der Waals surface area contributed by atoms with Gasteiger partial charge in [0.25, 0.3) is 0 Å². The minimum Gasteiger partial charge on any atom is -0.182 e. The van der Waals surface area contributed by atoms with Crippen LogP contribution in [-0.2, 0) is 0 Å². The summed E-state index contributed by atoms with van der Waals surface area (Å²) >= 11 is 1.55. The molecule has 0 heterocycles. The summed E-state index contributed by atoms with van der Waals surface area (Å²) in [6.45, 7) is 9.51. The van der Waals surface area contributed by atoms with Crippen LogP contribution in [0.4, 0.5) is 0 Å². The highest BCUT2D eigenvalue weighted by Crippen LogP contribution is 2.24. The van der Waals surface area contributed by atoms with Gasteiger partial charge < -0.3 is 0 Å². The van der Waals surface area contributed by atoms with Crippen LogP contribution in [0.2, 0.25) is 0 Å². The van der Waals surface area contributed by atoms with E-state index in [-0.39, 0.29) is 4.75 Å². The van der Waals surface area contributed by atoms with Crippen molar-refractivity contribution in [2.24, 2.45) is 9.63 Å². The van der Waals surface area contributed by atoms with Crippen LogP contribution >= 0.6 is 11.9 Å². The van der Waals surface area contributed by atoms with Crippen molar-refractivity contribution < 1.29 is 0 Å². The molecule has 0 N–H and O–H groups in total. The van der Waals surface area contributed by atoms with E-state index in [0.717, 1.165) is 6.54 Å². The Hall–Kier alpha value is -0.0500. The second kappa shape index (κ2) is 6.46. The molecule has 0 bridgehead atoms. The lowest BCUT2D eigenvalue weighted by Crippen LogP contribution is -2.04. The zero-order valence-electron chi connectivity index (χ0n) is 8.63. The zero-order chi connectivity index (χ0) is 9.45. The Labute approximate surface area is 80.4 Å². The Bertz CT molecular complexity index is 127. The van der Waals surface area contributed by atoms with Crippen LogP contribution in [-0.4, -0.2) is 11.3 Å². The van der Waals surface area contributed by atoms with Gasteiger partial charge in [0, 0.05) is 16.7 Å². The van der Waals surface area contributed by atoms with Gasteiger partial charge in [-0.25, -0.2) is 0 Å². The summed E-state index contributed by atoms with van der Waals surface area (Å²) in [7, 11) is 0. The molecule has 0 fully saturated rings. The summed E-state index contributed by atoms with van der Waals surface area (Å²) in [5.74, 6) is 0. The molecule has 0 atom stereocenters. The first-order valence-corrected chi connectivity index (χ1v) is 5.38. The fourth-order valence-electron chi connectivity index (χ4n) is 0.625. The van der Waals surface area contributed by atoms with E-state index in [9.17, 15) is 0 Å². The molecule has 0 spiro atoms. The Kier molecular flexibility index (Phi) is 6.44. The Morgan fingerprint density at radius 2 is 1.83 bits per heavy atom. The van der Waals surface area contributed by atoms with Crippen LogP contribution in [0, 0.1) is 0 Å². The third-order valence-corrected chi connectivity index (χ3v) is 1.98. The molecule has 0 saturated heterocycles. The summed E-state index contributed by atoms with van der Waals surface area (Å²) in [5.41, 5.74) is 0. The van der Waals surface area contributed by atoms with Crippen molar-refractivity contribution in [2.75, 3.05) is 6.54 Å². The quantitative estimate of drug-likeness (QED) is 0.362. The van der Waals surface area contributed by atoms with Crippen LogP contribution < -0.4 is 0 Å². The molecule has 0 aliphatic rings. The molecular formula is C9H20N2S. The normalized spacial score (nSPS) is 12.7. The summed E-state index contributed by atoms with van der Waals surface area (Å²) in [4.78, 5) is 0. The minimum absolute atomic E-state index is 0.203. The number of nitrogens with zero attached hydrogens (tertiary/aromatic N) is 2. The highest BCUT2D eigenvalue weighted by atomic mass is 32.2. The van der Waals surface area contributed by atoms with Gasteiger partial charge in [0.15, 0.2) is 0 Å². The van der Waals surface area contributed by atoms with Gasteiger partial charge in [-0.2, -0.15) is 5.11 Å². The summed E-state index contributed by atoms with van der Waals surface area (Å²) in [6, 6.07) is 0. The largest absolute Gasteiger partial charge is 0.182 e. The van der Waals surface area contributed by atoms with Gasteiger partial charge in [-0.1, -0.05) is 19.8 Å². The van der Waals surface area contributed by atoms with Gasteiger partial charge in [0.05, 0.1) is 6.54 Å². The highest BCUT2D eigenvalue weighted by Gasteiger charge is 2.09. The third-order valence-electron chi connectivity index (χ3n) is 1.23. The van der Waals surface area contributed by atoms with Crippen LogP contribution in [0.25, 0.3) is 0 Å². The fraction of sp³-hybridized carbons (Fsp3) is 1.00. The minimum atomic E-state index is 0.203. The Morgan fingerprint density at radius 3 is 2.33 bits per heavy atom. The Morgan fingerprint density at radius 1 is 1.17 bits per heavy atom. The molecule has 0 saturated carbocycles. The maximum absolute atomic E-state index is 4.08. The topological polar surface area (TPSA) is 24.7 Å². The zero-order valence-corrected chi connectivity index (χ0v) is 9.45.